The van der Waals surface area contributed by atoms with Gasteiger partial charge in [0.2, 0.25) is 16.3 Å². The molecule has 0 amide bonds. The Morgan fingerprint density at radius 1 is 1.31 bits per heavy atom. The average molecular weight is 245 g/mol. The van der Waals surface area contributed by atoms with Gasteiger partial charge in [0.05, 0.1) is 0 Å². The fourth-order valence-corrected chi connectivity index (χ4v) is 2.99. The van der Waals surface area contributed by atoms with E-state index in [0.717, 1.165) is 11.8 Å². The molecule has 1 rings (SSSR count). The molecule has 2 heteroatoms. The van der Waals surface area contributed by atoms with E-state index in [1.54, 1.807) is 0 Å². The van der Waals surface area contributed by atoms with Crippen LogP contribution in [0.1, 0.15) is 52.9 Å². The van der Waals surface area contributed by atoms with E-state index in [2.05, 4.69) is 32.9 Å². The fraction of sp³-hybridized carbons (Fsp3) is 0.857. The maximum absolute atomic E-state index is 5.62. The summed E-state index contributed by atoms with van der Waals surface area (Å²) in [5, 5.41) is 6.13. The van der Waals surface area contributed by atoms with E-state index in [0.29, 0.717) is 11.3 Å². The van der Waals surface area contributed by atoms with Crippen molar-refractivity contribution in [3.63, 3.8) is 0 Å². The Hall–Kier alpha value is -0.0100. The molecule has 0 aromatic rings. The third-order valence-corrected chi connectivity index (χ3v) is 4.89. The van der Waals surface area contributed by atoms with Gasteiger partial charge >= 0.3 is 0 Å². The lowest BCUT2D eigenvalue weighted by Crippen LogP contribution is -2.26. The predicted molar refractivity (Wildman–Crippen MR) is 67.7 cm³/mol. The van der Waals surface area contributed by atoms with Crippen LogP contribution in [-0.4, -0.2) is 5.38 Å². The highest BCUT2D eigenvalue weighted by Gasteiger charge is 2.28. The first kappa shape index (κ1) is 14.1. The summed E-state index contributed by atoms with van der Waals surface area (Å²) in [6.07, 6.45) is 11.6. The normalized spacial score (nSPS) is 27.1. The van der Waals surface area contributed by atoms with Crippen LogP contribution in [0.3, 0.4) is 0 Å². The lowest BCUT2D eigenvalue weighted by molar-refractivity contribution is -0.705. The molecule has 4 atom stereocenters. The highest BCUT2D eigenvalue weighted by molar-refractivity contribution is 4.92. The molecule has 16 heavy (non-hydrogen) atoms. The van der Waals surface area contributed by atoms with Crippen molar-refractivity contribution in [1.29, 1.82) is 0 Å². The number of rotatable bonds is 5. The molecule has 1 aliphatic rings. The van der Waals surface area contributed by atoms with Crippen molar-refractivity contribution in [2.45, 2.75) is 58.3 Å². The van der Waals surface area contributed by atoms with Gasteiger partial charge in [0.25, 0.3) is 0 Å². The number of hydrogen-bond acceptors (Lipinski definition) is 1. The molecule has 0 spiro atoms. The summed E-state index contributed by atoms with van der Waals surface area (Å²) in [7, 11) is 1.97. The van der Waals surface area contributed by atoms with Crippen molar-refractivity contribution >= 4 is 0 Å². The summed E-state index contributed by atoms with van der Waals surface area (Å²) < 4.78 is 0. The van der Waals surface area contributed by atoms with Gasteiger partial charge in [-0.25, -0.2) is 0 Å². The summed E-state index contributed by atoms with van der Waals surface area (Å²) >= 11 is 0. The van der Waals surface area contributed by atoms with E-state index in [1.807, 2.05) is 11.0 Å². The summed E-state index contributed by atoms with van der Waals surface area (Å²) in [6, 6.07) is 0. The number of allylic oxidation sites excluding steroid dienone is 2. The Morgan fingerprint density at radius 2 is 2.06 bits per heavy atom. The minimum Gasteiger partial charge on any atom is -0.0883 e. The quantitative estimate of drug-likeness (QED) is 0.445. The van der Waals surface area contributed by atoms with Crippen molar-refractivity contribution in [2.24, 2.45) is 23.0 Å². The Labute approximate surface area is 105 Å². The molecular formula is C14H27ClN+. The van der Waals surface area contributed by atoms with Gasteiger partial charge < -0.3 is 0 Å². The maximum atomic E-state index is 5.62. The minimum atomic E-state index is 0.518. The van der Waals surface area contributed by atoms with Gasteiger partial charge in [0, 0.05) is 5.92 Å². The second-order valence-corrected chi connectivity index (χ2v) is 6.29. The van der Waals surface area contributed by atoms with Crippen molar-refractivity contribution in [1.82, 2.24) is 0 Å². The third kappa shape index (κ3) is 4.47. The van der Waals surface area contributed by atoms with Crippen LogP contribution >= 0.6 is 0 Å². The molecule has 0 saturated carbocycles. The van der Waals surface area contributed by atoms with Crippen LogP contribution in [-0.2, 0) is 0 Å². The summed E-state index contributed by atoms with van der Waals surface area (Å²) in [5.74, 6) is 2.26. The van der Waals surface area contributed by atoms with E-state index in [9.17, 15) is 0 Å². The third-order valence-electron chi connectivity index (χ3n) is 4.10. The molecule has 0 aromatic carbocycles. The first-order valence-corrected chi connectivity index (χ1v) is 7.51. The average Bonchev–Trinajstić information content (AvgIpc) is 2.55. The molecule has 1 aliphatic carbocycles. The van der Waals surface area contributed by atoms with Crippen molar-refractivity contribution in [2.75, 3.05) is 0 Å². The second kappa shape index (κ2) is 7.34. The first-order valence-electron chi connectivity index (χ1n) is 6.63. The van der Waals surface area contributed by atoms with Gasteiger partial charge in [-0.05, 0) is 44.4 Å². The summed E-state index contributed by atoms with van der Waals surface area (Å²) in [5.41, 5.74) is 0. The molecule has 0 radical (unpaired) electrons. The Bertz CT molecular complexity index is 215. The Balaban J connectivity index is 2.39. The van der Waals surface area contributed by atoms with Gasteiger partial charge in [0.1, 0.15) is 0 Å². The zero-order valence-electron chi connectivity index (χ0n) is 11.0. The zero-order valence-corrected chi connectivity index (χ0v) is 11.7. The molecule has 0 aliphatic heterocycles. The smallest absolute Gasteiger partial charge is 0.0883 e. The summed E-state index contributed by atoms with van der Waals surface area (Å²) in [6.45, 7) is 6.93. The monoisotopic (exact) mass is 244 g/mol. The lowest BCUT2D eigenvalue weighted by Gasteiger charge is -2.22. The van der Waals surface area contributed by atoms with Crippen LogP contribution in [0.25, 0.3) is 0 Å². The Kier molecular flexibility index (Phi) is 6.45. The van der Waals surface area contributed by atoms with Gasteiger partial charge in [-0.1, -0.05) is 37.7 Å². The highest BCUT2D eigenvalue weighted by Crippen LogP contribution is 2.28. The molecule has 0 fully saturated rings. The van der Waals surface area contributed by atoms with Crippen LogP contribution in [0.15, 0.2) is 12.2 Å². The first-order chi connectivity index (χ1) is 7.65. The van der Waals surface area contributed by atoms with Crippen LogP contribution in [0.2, 0.25) is 0 Å². The minimum absolute atomic E-state index is 0.518. The van der Waals surface area contributed by atoms with Crippen molar-refractivity contribution < 1.29 is 11.0 Å². The van der Waals surface area contributed by atoms with Gasteiger partial charge in [-0.2, -0.15) is 0 Å². The van der Waals surface area contributed by atoms with Crippen LogP contribution in [0.5, 0.6) is 0 Å². The van der Waals surface area contributed by atoms with Gasteiger partial charge in [0.15, 0.2) is 0 Å². The van der Waals surface area contributed by atoms with E-state index >= 15 is 0 Å². The fourth-order valence-electron chi connectivity index (χ4n) is 2.51. The number of nitrogens with two attached hydrogens (primary N) is 1. The molecule has 94 valence electrons. The number of hydrogen-bond donors (Lipinski definition) is 1. The summed E-state index contributed by atoms with van der Waals surface area (Å²) in [4.78, 5) is 0. The van der Waals surface area contributed by atoms with E-state index in [-0.39, 0.29) is 0 Å². The van der Waals surface area contributed by atoms with Crippen LogP contribution in [0.4, 0.5) is 0 Å². The van der Waals surface area contributed by atoms with Crippen molar-refractivity contribution in [3.8, 4) is 0 Å². The Morgan fingerprint density at radius 3 is 2.75 bits per heavy atom. The topological polar surface area (TPSA) is 26.0 Å². The maximum Gasteiger partial charge on any atom is 0.240 e. The molecule has 0 heterocycles. The van der Waals surface area contributed by atoms with Crippen molar-refractivity contribution in [3.05, 3.63) is 12.2 Å². The second-order valence-electron chi connectivity index (χ2n) is 5.35. The zero-order chi connectivity index (χ0) is 12.0. The van der Waals surface area contributed by atoms with E-state index < -0.39 is 0 Å². The van der Waals surface area contributed by atoms with Gasteiger partial charge in [-0.3, -0.25) is 0 Å². The SMILES string of the molecule is CC(CC1C=CCCCC1)C(C)C(C)[Cl+]N. The number of alkyl halides is 1. The van der Waals surface area contributed by atoms with E-state index in [1.165, 1.54) is 32.1 Å². The molecule has 2 N–H and O–H groups in total. The molecular weight excluding hydrogens is 218 g/mol. The standard InChI is InChI=1S/C14H27ClN/c1-11(12(2)13(3)15-16)10-14-8-6-4-5-7-9-14/h6,8,11-14H,4-5,7,9-10,16H2,1-3H3/q+1. The lowest BCUT2D eigenvalue weighted by atomic mass is 9.84. The molecule has 4 unspecified atom stereocenters. The van der Waals surface area contributed by atoms with Crippen LogP contribution < -0.4 is 5.25 Å². The highest BCUT2D eigenvalue weighted by atomic mass is 35.5. The van der Waals surface area contributed by atoms with Gasteiger partial charge in [-0.15, -0.1) is 0 Å². The van der Waals surface area contributed by atoms with E-state index in [4.69, 9.17) is 5.25 Å². The number of halogens is 1. The molecule has 1 nitrogen and oxygen atoms in total. The molecule has 0 bridgehead atoms. The molecule has 0 aromatic heterocycles. The molecule has 0 saturated heterocycles. The predicted octanol–water partition coefficient (Wildman–Crippen LogP) is 3.74. The largest absolute Gasteiger partial charge is 0.240 e. The van der Waals surface area contributed by atoms with Crippen LogP contribution in [0, 0.1) is 28.7 Å².